The van der Waals surface area contributed by atoms with Crippen molar-refractivity contribution in [3.63, 3.8) is 0 Å². The zero-order valence-electron chi connectivity index (χ0n) is 13.4. The first-order chi connectivity index (χ1) is 10.1. The fourth-order valence-electron chi connectivity index (χ4n) is 3.05. The number of likely N-dealkylation sites (tertiary alicyclic amines) is 1. The SMILES string of the molecule is CCOc1cc(C(=O)N2C(C)CCCC2C)ccc1OC. The zero-order valence-corrected chi connectivity index (χ0v) is 13.4. The summed E-state index contributed by atoms with van der Waals surface area (Å²) in [6, 6.07) is 5.99. The summed E-state index contributed by atoms with van der Waals surface area (Å²) in [6.45, 7) is 6.72. The molecule has 0 bridgehead atoms. The van der Waals surface area contributed by atoms with Crippen molar-refractivity contribution in [3.8, 4) is 11.5 Å². The number of piperidine rings is 1. The second-order valence-electron chi connectivity index (χ2n) is 5.64. The second-order valence-corrected chi connectivity index (χ2v) is 5.64. The molecule has 1 heterocycles. The molecule has 116 valence electrons. The van der Waals surface area contributed by atoms with Crippen LogP contribution in [0.1, 0.15) is 50.4 Å². The Balaban J connectivity index is 2.27. The van der Waals surface area contributed by atoms with E-state index in [0.29, 0.717) is 35.8 Å². The number of amides is 1. The van der Waals surface area contributed by atoms with Crippen LogP contribution in [0.3, 0.4) is 0 Å². The van der Waals surface area contributed by atoms with E-state index in [4.69, 9.17) is 9.47 Å². The van der Waals surface area contributed by atoms with Crippen molar-refractivity contribution < 1.29 is 14.3 Å². The maximum absolute atomic E-state index is 12.8. The van der Waals surface area contributed by atoms with Crippen LogP contribution in [0.2, 0.25) is 0 Å². The molecule has 2 unspecified atom stereocenters. The van der Waals surface area contributed by atoms with Crippen LogP contribution in [0.4, 0.5) is 0 Å². The average Bonchev–Trinajstić information content (AvgIpc) is 2.47. The van der Waals surface area contributed by atoms with Gasteiger partial charge in [0, 0.05) is 17.6 Å². The molecule has 4 heteroatoms. The zero-order chi connectivity index (χ0) is 15.4. The van der Waals surface area contributed by atoms with Gasteiger partial charge in [-0.3, -0.25) is 4.79 Å². The molecular formula is C17H25NO3. The maximum atomic E-state index is 12.8. The van der Waals surface area contributed by atoms with E-state index in [2.05, 4.69) is 13.8 Å². The number of nitrogens with zero attached hydrogens (tertiary/aromatic N) is 1. The first-order valence-corrected chi connectivity index (χ1v) is 7.72. The summed E-state index contributed by atoms with van der Waals surface area (Å²) in [5.41, 5.74) is 0.667. The van der Waals surface area contributed by atoms with Gasteiger partial charge in [0.1, 0.15) is 0 Å². The van der Waals surface area contributed by atoms with E-state index in [1.54, 1.807) is 19.2 Å². The molecule has 0 aliphatic carbocycles. The fraction of sp³-hybridized carbons (Fsp3) is 0.588. The predicted molar refractivity (Wildman–Crippen MR) is 83.1 cm³/mol. The molecule has 2 rings (SSSR count). The monoisotopic (exact) mass is 291 g/mol. The predicted octanol–water partition coefficient (Wildman–Crippen LogP) is 3.50. The first-order valence-electron chi connectivity index (χ1n) is 7.72. The minimum absolute atomic E-state index is 0.0818. The lowest BCUT2D eigenvalue weighted by molar-refractivity contribution is 0.0510. The highest BCUT2D eigenvalue weighted by molar-refractivity contribution is 5.95. The van der Waals surface area contributed by atoms with E-state index in [9.17, 15) is 4.79 Å². The van der Waals surface area contributed by atoms with Gasteiger partial charge >= 0.3 is 0 Å². The van der Waals surface area contributed by atoms with Crippen LogP contribution in [0.25, 0.3) is 0 Å². The molecule has 1 saturated heterocycles. The lowest BCUT2D eigenvalue weighted by atomic mass is 9.96. The quantitative estimate of drug-likeness (QED) is 0.852. The smallest absolute Gasteiger partial charge is 0.254 e. The third kappa shape index (κ3) is 3.31. The number of carbonyl (C=O) groups excluding carboxylic acids is 1. The van der Waals surface area contributed by atoms with Crippen LogP contribution in [0.5, 0.6) is 11.5 Å². The number of hydrogen-bond acceptors (Lipinski definition) is 3. The molecule has 0 N–H and O–H groups in total. The Bertz CT molecular complexity index is 491. The van der Waals surface area contributed by atoms with Crippen LogP contribution in [0.15, 0.2) is 18.2 Å². The summed E-state index contributed by atoms with van der Waals surface area (Å²) >= 11 is 0. The van der Waals surface area contributed by atoms with Gasteiger partial charge in [-0.15, -0.1) is 0 Å². The second kappa shape index (κ2) is 6.83. The molecule has 0 aromatic heterocycles. The molecule has 1 aliphatic heterocycles. The highest BCUT2D eigenvalue weighted by Crippen LogP contribution is 2.30. The van der Waals surface area contributed by atoms with Crippen molar-refractivity contribution in [1.29, 1.82) is 0 Å². The van der Waals surface area contributed by atoms with Gasteiger partial charge in [0.25, 0.3) is 5.91 Å². The summed E-state index contributed by atoms with van der Waals surface area (Å²) in [7, 11) is 1.61. The third-order valence-corrected chi connectivity index (χ3v) is 4.14. The van der Waals surface area contributed by atoms with Crippen molar-refractivity contribution in [3.05, 3.63) is 23.8 Å². The highest BCUT2D eigenvalue weighted by Gasteiger charge is 2.30. The molecule has 4 nitrogen and oxygen atoms in total. The van der Waals surface area contributed by atoms with Crippen LogP contribution in [-0.2, 0) is 0 Å². The number of methoxy groups -OCH3 is 1. The molecular weight excluding hydrogens is 266 g/mol. The van der Waals surface area contributed by atoms with Crippen molar-refractivity contribution in [2.75, 3.05) is 13.7 Å². The summed E-state index contributed by atoms with van der Waals surface area (Å²) < 4.78 is 10.8. The van der Waals surface area contributed by atoms with Crippen LogP contribution < -0.4 is 9.47 Å². The summed E-state index contributed by atoms with van der Waals surface area (Å²) in [5.74, 6) is 1.37. The molecule has 21 heavy (non-hydrogen) atoms. The number of hydrogen-bond donors (Lipinski definition) is 0. The number of benzene rings is 1. The number of carbonyl (C=O) groups is 1. The van der Waals surface area contributed by atoms with Crippen LogP contribution in [-0.4, -0.2) is 36.6 Å². The van der Waals surface area contributed by atoms with E-state index in [0.717, 1.165) is 12.8 Å². The highest BCUT2D eigenvalue weighted by atomic mass is 16.5. The Kier molecular flexibility index (Phi) is 5.10. The minimum Gasteiger partial charge on any atom is -0.493 e. The average molecular weight is 291 g/mol. The largest absolute Gasteiger partial charge is 0.493 e. The normalized spacial score (nSPS) is 22.0. The lowest BCUT2D eigenvalue weighted by Crippen LogP contribution is -2.47. The molecule has 1 aromatic rings. The molecule has 1 aromatic carbocycles. The molecule has 0 spiro atoms. The van der Waals surface area contributed by atoms with Gasteiger partial charge in [-0.1, -0.05) is 0 Å². The van der Waals surface area contributed by atoms with Gasteiger partial charge < -0.3 is 14.4 Å². The molecule has 0 radical (unpaired) electrons. The van der Waals surface area contributed by atoms with Crippen molar-refractivity contribution in [2.24, 2.45) is 0 Å². The van der Waals surface area contributed by atoms with E-state index in [-0.39, 0.29) is 5.91 Å². The minimum atomic E-state index is 0.0818. The van der Waals surface area contributed by atoms with Gasteiger partial charge in [0.05, 0.1) is 13.7 Å². The molecule has 1 aliphatic rings. The Morgan fingerprint density at radius 2 is 1.90 bits per heavy atom. The van der Waals surface area contributed by atoms with Crippen molar-refractivity contribution in [1.82, 2.24) is 4.90 Å². The fourth-order valence-corrected chi connectivity index (χ4v) is 3.05. The molecule has 2 atom stereocenters. The topological polar surface area (TPSA) is 38.8 Å². The molecule has 0 saturated carbocycles. The number of ether oxygens (including phenoxy) is 2. The third-order valence-electron chi connectivity index (χ3n) is 4.14. The van der Waals surface area contributed by atoms with E-state index in [1.165, 1.54) is 6.42 Å². The standard InChI is InChI=1S/C17H25NO3/c1-5-21-16-11-14(9-10-15(16)20-4)17(19)18-12(2)7-6-8-13(18)3/h9-13H,5-8H2,1-4H3. The van der Waals surface area contributed by atoms with E-state index in [1.807, 2.05) is 17.9 Å². The summed E-state index contributed by atoms with van der Waals surface area (Å²) in [6.07, 6.45) is 3.34. The Hall–Kier alpha value is -1.71. The van der Waals surface area contributed by atoms with Crippen molar-refractivity contribution >= 4 is 5.91 Å². The van der Waals surface area contributed by atoms with Gasteiger partial charge in [-0.05, 0) is 58.2 Å². The lowest BCUT2D eigenvalue weighted by Gasteiger charge is -2.39. The van der Waals surface area contributed by atoms with E-state index >= 15 is 0 Å². The van der Waals surface area contributed by atoms with Crippen LogP contribution in [0, 0.1) is 0 Å². The maximum Gasteiger partial charge on any atom is 0.254 e. The van der Waals surface area contributed by atoms with Gasteiger partial charge in [-0.25, -0.2) is 0 Å². The summed E-state index contributed by atoms with van der Waals surface area (Å²) in [5, 5.41) is 0. The molecule has 1 amide bonds. The van der Waals surface area contributed by atoms with Gasteiger partial charge in [0.2, 0.25) is 0 Å². The first kappa shape index (κ1) is 15.7. The van der Waals surface area contributed by atoms with Gasteiger partial charge in [0.15, 0.2) is 11.5 Å². The Labute approximate surface area is 127 Å². The molecule has 1 fully saturated rings. The van der Waals surface area contributed by atoms with Crippen LogP contribution >= 0.6 is 0 Å². The summed E-state index contributed by atoms with van der Waals surface area (Å²) in [4.78, 5) is 14.8. The Morgan fingerprint density at radius 1 is 1.24 bits per heavy atom. The number of rotatable bonds is 4. The van der Waals surface area contributed by atoms with E-state index < -0.39 is 0 Å². The van der Waals surface area contributed by atoms with Gasteiger partial charge in [-0.2, -0.15) is 0 Å². The Morgan fingerprint density at radius 3 is 2.48 bits per heavy atom. The van der Waals surface area contributed by atoms with Crippen molar-refractivity contribution in [2.45, 2.75) is 52.1 Å².